The van der Waals surface area contributed by atoms with Gasteiger partial charge in [-0.3, -0.25) is 0 Å². The van der Waals surface area contributed by atoms with Gasteiger partial charge in [-0.25, -0.2) is 4.98 Å². The molecule has 0 fully saturated rings. The first-order chi connectivity index (χ1) is 8.88. The third kappa shape index (κ3) is 2.21. The molecule has 2 heterocycles. The first-order valence-electron chi connectivity index (χ1n) is 6.13. The SMILES string of the molecule is COCCNCc1nc2c(s1)CCc1occc1-2. The van der Waals surface area contributed by atoms with E-state index >= 15 is 0 Å². The van der Waals surface area contributed by atoms with Gasteiger partial charge in [0, 0.05) is 37.1 Å². The summed E-state index contributed by atoms with van der Waals surface area (Å²) in [5, 5.41) is 4.47. The lowest BCUT2D eigenvalue weighted by Crippen LogP contribution is -2.18. The molecule has 0 saturated heterocycles. The van der Waals surface area contributed by atoms with E-state index in [0.717, 1.165) is 49.0 Å². The number of thiazole rings is 1. The molecule has 18 heavy (non-hydrogen) atoms. The van der Waals surface area contributed by atoms with Crippen LogP contribution < -0.4 is 5.32 Å². The lowest BCUT2D eigenvalue weighted by molar-refractivity contribution is 0.199. The Kier molecular flexibility index (Phi) is 3.45. The van der Waals surface area contributed by atoms with Gasteiger partial charge >= 0.3 is 0 Å². The van der Waals surface area contributed by atoms with E-state index in [1.807, 2.05) is 6.07 Å². The topological polar surface area (TPSA) is 47.3 Å². The lowest BCUT2D eigenvalue weighted by Gasteiger charge is -2.07. The zero-order valence-corrected chi connectivity index (χ0v) is 11.2. The molecule has 1 aliphatic rings. The van der Waals surface area contributed by atoms with E-state index in [4.69, 9.17) is 14.1 Å². The van der Waals surface area contributed by atoms with Crippen LogP contribution in [0.1, 0.15) is 15.6 Å². The van der Waals surface area contributed by atoms with Gasteiger partial charge in [-0.1, -0.05) is 0 Å². The van der Waals surface area contributed by atoms with Crippen LogP contribution in [0, 0.1) is 0 Å². The van der Waals surface area contributed by atoms with Crippen LogP contribution in [-0.2, 0) is 24.1 Å². The summed E-state index contributed by atoms with van der Waals surface area (Å²) in [5.41, 5.74) is 2.30. The monoisotopic (exact) mass is 264 g/mol. The molecule has 0 bridgehead atoms. The summed E-state index contributed by atoms with van der Waals surface area (Å²) in [7, 11) is 1.71. The fraction of sp³-hybridized carbons (Fsp3) is 0.462. The third-order valence-corrected chi connectivity index (χ3v) is 4.20. The minimum absolute atomic E-state index is 0.733. The maximum atomic E-state index is 5.47. The summed E-state index contributed by atoms with van der Waals surface area (Å²) in [6.07, 6.45) is 3.80. The number of methoxy groups -OCH3 is 1. The smallest absolute Gasteiger partial charge is 0.113 e. The quantitative estimate of drug-likeness (QED) is 0.841. The van der Waals surface area contributed by atoms with Crippen molar-refractivity contribution in [2.75, 3.05) is 20.3 Å². The van der Waals surface area contributed by atoms with Crippen molar-refractivity contribution < 1.29 is 9.15 Å². The third-order valence-electron chi connectivity index (χ3n) is 3.08. The van der Waals surface area contributed by atoms with Crippen LogP contribution in [-0.4, -0.2) is 25.2 Å². The Morgan fingerprint density at radius 3 is 3.33 bits per heavy atom. The van der Waals surface area contributed by atoms with Crippen LogP contribution in [0.2, 0.25) is 0 Å². The van der Waals surface area contributed by atoms with Crippen LogP contribution in [0.5, 0.6) is 0 Å². The number of hydrogen-bond donors (Lipinski definition) is 1. The van der Waals surface area contributed by atoms with Gasteiger partial charge < -0.3 is 14.5 Å². The Labute approximate surface area is 110 Å². The summed E-state index contributed by atoms with van der Waals surface area (Å²) < 4.78 is 10.5. The van der Waals surface area contributed by atoms with Gasteiger partial charge in [0.05, 0.1) is 18.6 Å². The van der Waals surface area contributed by atoms with Crippen LogP contribution in [0.4, 0.5) is 0 Å². The van der Waals surface area contributed by atoms with Gasteiger partial charge in [0.15, 0.2) is 0 Å². The average Bonchev–Trinajstić information content (AvgIpc) is 2.99. The zero-order chi connectivity index (χ0) is 12.4. The largest absolute Gasteiger partial charge is 0.469 e. The molecule has 0 saturated carbocycles. The average molecular weight is 264 g/mol. The van der Waals surface area contributed by atoms with Crippen molar-refractivity contribution >= 4 is 11.3 Å². The summed E-state index contributed by atoms with van der Waals surface area (Å²) >= 11 is 1.80. The molecule has 0 amide bonds. The van der Waals surface area contributed by atoms with Crippen LogP contribution in [0.3, 0.4) is 0 Å². The van der Waals surface area contributed by atoms with Crippen molar-refractivity contribution in [3.8, 4) is 11.3 Å². The van der Waals surface area contributed by atoms with Gasteiger partial charge in [-0.15, -0.1) is 11.3 Å². The highest BCUT2D eigenvalue weighted by Gasteiger charge is 2.22. The molecule has 2 aromatic heterocycles. The molecule has 4 nitrogen and oxygen atoms in total. The Bertz CT molecular complexity index is 533. The van der Waals surface area contributed by atoms with E-state index in [-0.39, 0.29) is 0 Å². The van der Waals surface area contributed by atoms with E-state index in [1.54, 1.807) is 24.7 Å². The minimum Gasteiger partial charge on any atom is -0.469 e. The molecular weight excluding hydrogens is 248 g/mol. The van der Waals surface area contributed by atoms with Crippen LogP contribution in [0.25, 0.3) is 11.3 Å². The second-order valence-electron chi connectivity index (χ2n) is 4.31. The molecule has 1 N–H and O–H groups in total. The number of fused-ring (bicyclic) bond motifs is 3. The van der Waals surface area contributed by atoms with E-state index in [9.17, 15) is 0 Å². The maximum absolute atomic E-state index is 5.47. The van der Waals surface area contributed by atoms with Crippen molar-refractivity contribution in [3.05, 3.63) is 28.0 Å². The van der Waals surface area contributed by atoms with E-state index in [0.29, 0.717) is 0 Å². The molecule has 1 aliphatic carbocycles. The number of aromatic nitrogens is 1. The molecular formula is C13H16N2O2S. The molecule has 0 spiro atoms. The number of hydrogen-bond acceptors (Lipinski definition) is 5. The Balaban J connectivity index is 1.73. The number of nitrogens with zero attached hydrogens (tertiary/aromatic N) is 1. The molecule has 96 valence electrons. The lowest BCUT2D eigenvalue weighted by atomic mass is 10.0. The first kappa shape index (κ1) is 11.9. The Hall–Kier alpha value is -1.17. The van der Waals surface area contributed by atoms with Crippen molar-refractivity contribution in [3.63, 3.8) is 0 Å². The number of nitrogens with one attached hydrogen (secondary N) is 1. The van der Waals surface area contributed by atoms with E-state index < -0.39 is 0 Å². The number of furan rings is 1. The second-order valence-corrected chi connectivity index (χ2v) is 5.47. The zero-order valence-electron chi connectivity index (χ0n) is 10.4. The minimum atomic E-state index is 0.733. The molecule has 0 unspecified atom stereocenters. The first-order valence-corrected chi connectivity index (χ1v) is 6.95. The molecule has 3 rings (SSSR count). The Morgan fingerprint density at radius 2 is 2.44 bits per heavy atom. The second kappa shape index (κ2) is 5.22. The molecule has 0 aromatic carbocycles. The van der Waals surface area contributed by atoms with Crippen molar-refractivity contribution in [2.45, 2.75) is 19.4 Å². The van der Waals surface area contributed by atoms with Crippen molar-refractivity contribution in [2.24, 2.45) is 0 Å². The number of aryl methyl sites for hydroxylation is 2. The molecule has 0 atom stereocenters. The normalized spacial score (nSPS) is 13.4. The van der Waals surface area contributed by atoms with Gasteiger partial charge in [0.1, 0.15) is 10.8 Å². The molecule has 0 radical (unpaired) electrons. The summed E-state index contributed by atoms with van der Waals surface area (Å²) in [6, 6.07) is 2.02. The predicted octanol–water partition coefficient (Wildman–Crippen LogP) is 2.24. The molecule has 5 heteroatoms. The van der Waals surface area contributed by atoms with Gasteiger partial charge in [-0.05, 0) is 12.5 Å². The molecule has 0 aliphatic heterocycles. The Morgan fingerprint density at radius 1 is 1.50 bits per heavy atom. The molecule has 2 aromatic rings. The van der Waals surface area contributed by atoms with Crippen molar-refractivity contribution in [1.82, 2.24) is 10.3 Å². The van der Waals surface area contributed by atoms with E-state index in [2.05, 4.69) is 5.32 Å². The van der Waals surface area contributed by atoms with Crippen LogP contribution in [0.15, 0.2) is 16.7 Å². The predicted molar refractivity (Wildman–Crippen MR) is 70.8 cm³/mol. The highest BCUT2D eigenvalue weighted by atomic mass is 32.1. The van der Waals surface area contributed by atoms with E-state index in [1.165, 1.54) is 10.4 Å². The van der Waals surface area contributed by atoms with Gasteiger partial charge in [-0.2, -0.15) is 0 Å². The maximum Gasteiger partial charge on any atom is 0.113 e. The van der Waals surface area contributed by atoms with Crippen LogP contribution >= 0.6 is 11.3 Å². The highest BCUT2D eigenvalue weighted by molar-refractivity contribution is 7.12. The fourth-order valence-electron chi connectivity index (χ4n) is 2.20. The summed E-state index contributed by atoms with van der Waals surface area (Å²) in [5.74, 6) is 1.08. The fourth-order valence-corrected chi connectivity index (χ4v) is 3.25. The summed E-state index contributed by atoms with van der Waals surface area (Å²) in [4.78, 5) is 6.10. The number of rotatable bonds is 5. The summed E-state index contributed by atoms with van der Waals surface area (Å²) in [6.45, 7) is 2.41. The van der Waals surface area contributed by atoms with Crippen molar-refractivity contribution in [1.29, 1.82) is 0 Å². The highest BCUT2D eigenvalue weighted by Crippen LogP contribution is 2.36. The number of ether oxygens (including phenoxy) is 1. The standard InChI is InChI=1S/C13H16N2O2S/c1-16-7-5-14-8-12-15-13-9-4-6-17-10(9)2-3-11(13)18-12/h4,6,14H,2-3,5,7-8H2,1H3. The van der Waals surface area contributed by atoms with Gasteiger partial charge in [0.25, 0.3) is 0 Å². The van der Waals surface area contributed by atoms with Gasteiger partial charge in [0.2, 0.25) is 0 Å².